The molecular formula is C24H28N4O2. The van der Waals surface area contributed by atoms with E-state index < -0.39 is 0 Å². The highest BCUT2D eigenvalue weighted by atomic mass is 16.2. The molecule has 1 atom stereocenters. The van der Waals surface area contributed by atoms with E-state index in [1.807, 2.05) is 4.90 Å². The van der Waals surface area contributed by atoms with Crippen molar-refractivity contribution in [1.29, 1.82) is 0 Å². The first-order valence-corrected chi connectivity index (χ1v) is 11.1. The molecule has 1 aliphatic heterocycles. The van der Waals surface area contributed by atoms with Crippen LogP contribution in [-0.4, -0.2) is 46.0 Å². The largest absolute Gasteiger partial charge is 0.353 e. The Morgan fingerprint density at radius 3 is 2.60 bits per heavy atom. The minimum absolute atomic E-state index is 0.0301. The predicted octanol–water partition coefficient (Wildman–Crippen LogP) is 3.20. The minimum atomic E-state index is 0.0301. The van der Waals surface area contributed by atoms with Crippen LogP contribution in [0.25, 0.3) is 0 Å². The fourth-order valence-corrected chi connectivity index (χ4v) is 5.48. The highest BCUT2D eigenvalue weighted by molar-refractivity contribution is 5.93. The van der Waals surface area contributed by atoms with Crippen LogP contribution in [0, 0.1) is 0 Å². The molecule has 6 heteroatoms. The van der Waals surface area contributed by atoms with Gasteiger partial charge >= 0.3 is 0 Å². The molecular weight excluding hydrogens is 376 g/mol. The lowest BCUT2D eigenvalue weighted by Gasteiger charge is -2.40. The summed E-state index contributed by atoms with van der Waals surface area (Å²) in [6.45, 7) is 1.47. The van der Waals surface area contributed by atoms with Crippen molar-refractivity contribution < 1.29 is 9.59 Å². The molecule has 3 aliphatic rings. The Labute approximate surface area is 177 Å². The summed E-state index contributed by atoms with van der Waals surface area (Å²) in [7, 11) is 0. The van der Waals surface area contributed by atoms with Crippen molar-refractivity contribution in [2.75, 3.05) is 13.1 Å². The maximum Gasteiger partial charge on any atom is 0.255 e. The zero-order chi connectivity index (χ0) is 20.6. The highest BCUT2D eigenvalue weighted by Gasteiger charge is 2.46. The molecule has 1 saturated carbocycles. The molecule has 0 bridgehead atoms. The predicted molar refractivity (Wildman–Crippen MR) is 113 cm³/mol. The number of carbonyl (C=O) groups excluding carboxylic acids is 2. The van der Waals surface area contributed by atoms with Crippen molar-refractivity contribution in [3.05, 3.63) is 59.4 Å². The van der Waals surface area contributed by atoms with Crippen molar-refractivity contribution in [2.24, 2.45) is 0 Å². The van der Waals surface area contributed by atoms with Gasteiger partial charge in [-0.3, -0.25) is 9.59 Å². The van der Waals surface area contributed by atoms with Crippen LogP contribution in [0.15, 0.2) is 42.7 Å². The van der Waals surface area contributed by atoms with Crippen LogP contribution in [0.5, 0.6) is 0 Å². The molecule has 1 saturated heterocycles. The molecule has 1 N–H and O–H groups in total. The van der Waals surface area contributed by atoms with Gasteiger partial charge in [-0.15, -0.1) is 0 Å². The number of amides is 2. The van der Waals surface area contributed by atoms with E-state index in [2.05, 4.69) is 39.8 Å². The van der Waals surface area contributed by atoms with E-state index in [9.17, 15) is 9.59 Å². The summed E-state index contributed by atoms with van der Waals surface area (Å²) in [5.41, 5.74) is 3.40. The summed E-state index contributed by atoms with van der Waals surface area (Å²) in [5.74, 6) is 0.490. The van der Waals surface area contributed by atoms with Crippen molar-refractivity contribution >= 4 is 11.8 Å². The number of aromatic nitrogens is 2. The topological polar surface area (TPSA) is 75.2 Å². The third-order valence-corrected chi connectivity index (χ3v) is 7.35. The Bertz CT molecular complexity index is 933. The second kappa shape index (κ2) is 7.82. The summed E-state index contributed by atoms with van der Waals surface area (Å²) in [6, 6.07) is 10.7. The highest BCUT2D eigenvalue weighted by Crippen LogP contribution is 2.52. The first-order valence-electron chi connectivity index (χ1n) is 11.1. The van der Waals surface area contributed by atoms with Crippen molar-refractivity contribution in [3.8, 4) is 0 Å². The third-order valence-electron chi connectivity index (χ3n) is 7.35. The molecule has 156 valence electrons. The average Bonchev–Trinajstić information content (AvgIpc) is 3.05. The Balaban J connectivity index is 1.29. The lowest BCUT2D eigenvalue weighted by Crippen LogP contribution is -2.44. The SMILES string of the molecule is O=C(CC1CC2(CCN(C(=O)c3ccnnc3)CC2)c2ccccc21)NC1CCC1. The molecule has 1 aromatic heterocycles. The molecule has 2 amide bonds. The molecule has 2 aliphatic carbocycles. The summed E-state index contributed by atoms with van der Waals surface area (Å²) in [4.78, 5) is 27.3. The molecule has 6 nitrogen and oxygen atoms in total. The van der Waals surface area contributed by atoms with Crippen molar-refractivity contribution in [1.82, 2.24) is 20.4 Å². The number of nitrogens with one attached hydrogen (secondary N) is 1. The van der Waals surface area contributed by atoms with E-state index >= 15 is 0 Å². The lowest BCUT2D eigenvalue weighted by molar-refractivity contribution is -0.122. The van der Waals surface area contributed by atoms with Crippen LogP contribution in [0.3, 0.4) is 0 Å². The van der Waals surface area contributed by atoms with Crippen LogP contribution in [0.2, 0.25) is 0 Å². The molecule has 5 rings (SSSR count). The van der Waals surface area contributed by atoms with E-state index in [0.29, 0.717) is 18.0 Å². The fraction of sp³-hybridized carbons (Fsp3) is 0.500. The minimum Gasteiger partial charge on any atom is -0.353 e. The lowest BCUT2D eigenvalue weighted by atomic mass is 9.73. The van der Waals surface area contributed by atoms with Gasteiger partial charge in [-0.05, 0) is 67.1 Å². The van der Waals surface area contributed by atoms with Crippen molar-refractivity contribution in [2.45, 2.75) is 62.3 Å². The van der Waals surface area contributed by atoms with Crippen LogP contribution >= 0.6 is 0 Å². The van der Waals surface area contributed by atoms with Gasteiger partial charge in [0.1, 0.15) is 0 Å². The standard InChI is InChI=1S/C24H28N4O2/c29-22(27-19-4-3-5-19)14-18-15-24(21-7-2-1-6-20(18)21)9-12-28(13-10-24)23(30)17-8-11-25-26-16-17/h1-2,6-8,11,16,18-19H,3-5,9-10,12-15H2,(H,27,29). The average molecular weight is 405 g/mol. The number of hydrogen-bond donors (Lipinski definition) is 1. The van der Waals surface area contributed by atoms with Crippen LogP contribution in [0.4, 0.5) is 0 Å². The fourth-order valence-electron chi connectivity index (χ4n) is 5.48. The van der Waals surface area contributed by atoms with Gasteiger partial charge in [0.15, 0.2) is 0 Å². The molecule has 2 aromatic rings. The Morgan fingerprint density at radius 1 is 1.10 bits per heavy atom. The molecule has 0 radical (unpaired) electrons. The number of carbonyl (C=O) groups is 2. The maximum absolute atomic E-state index is 12.8. The monoisotopic (exact) mass is 404 g/mol. The summed E-state index contributed by atoms with van der Waals surface area (Å²) in [6.07, 6.45) is 10.0. The van der Waals surface area contributed by atoms with Gasteiger partial charge in [-0.2, -0.15) is 10.2 Å². The van der Waals surface area contributed by atoms with E-state index in [4.69, 9.17) is 0 Å². The molecule has 1 unspecified atom stereocenters. The first-order chi connectivity index (χ1) is 14.6. The van der Waals surface area contributed by atoms with Gasteiger partial charge in [-0.25, -0.2) is 0 Å². The molecule has 1 spiro atoms. The maximum atomic E-state index is 12.8. The van der Waals surface area contributed by atoms with E-state index in [0.717, 1.165) is 45.2 Å². The van der Waals surface area contributed by atoms with Crippen LogP contribution < -0.4 is 5.32 Å². The Kier molecular flexibility index (Phi) is 5.01. The van der Waals surface area contributed by atoms with Crippen LogP contribution in [0.1, 0.15) is 72.3 Å². The zero-order valence-electron chi connectivity index (χ0n) is 17.2. The Morgan fingerprint density at radius 2 is 1.90 bits per heavy atom. The summed E-state index contributed by atoms with van der Waals surface area (Å²) in [5, 5.41) is 10.8. The van der Waals surface area contributed by atoms with Gasteiger partial charge in [0.2, 0.25) is 5.91 Å². The second-order valence-electron chi connectivity index (χ2n) is 9.09. The number of likely N-dealkylation sites (tertiary alicyclic amines) is 1. The van der Waals surface area contributed by atoms with E-state index in [-0.39, 0.29) is 23.1 Å². The second-order valence-corrected chi connectivity index (χ2v) is 9.09. The number of nitrogens with zero attached hydrogens (tertiary/aromatic N) is 3. The molecule has 2 fully saturated rings. The summed E-state index contributed by atoms with van der Waals surface area (Å²) >= 11 is 0. The number of benzene rings is 1. The molecule has 2 heterocycles. The third kappa shape index (κ3) is 3.48. The first kappa shape index (κ1) is 19.2. The van der Waals surface area contributed by atoms with Gasteiger partial charge in [-0.1, -0.05) is 24.3 Å². The quantitative estimate of drug-likeness (QED) is 0.849. The number of piperidine rings is 1. The van der Waals surface area contributed by atoms with Gasteiger partial charge in [0.25, 0.3) is 5.91 Å². The Hall–Kier alpha value is -2.76. The number of fused-ring (bicyclic) bond motifs is 2. The zero-order valence-corrected chi connectivity index (χ0v) is 17.2. The van der Waals surface area contributed by atoms with Crippen molar-refractivity contribution in [3.63, 3.8) is 0 Å². The van der Waals surface area contributed by atoms with Gasteiger partial charge < -0.3 is 10.2 Å². The molecule has 30 heavy (non-hydrogen) atoms. The van der Waals surface area contributed by atoms with Crippen LogP contribution in [-0.2, 0) is 10.2 Å². The van der Waals surface area contributed by atoms with E-state index in [1.54, 1.807) is 12.3 Å². The van der Waals surface area contributed by atoms with Gasteiger partial charge in [0, 0.05) is 25.6 Å². The van der Waals surface area contributed by atoms with Gasteiger partial charge in [0.05, 0.1) is 18.0 Å². The smallest absolute Gasteiger partial charge is 0.255 e. The summed E-state index contributed by atoms with van der Waals surface area (Å²) < 4.78 is 0. The number of rotatable bonds is 4. The molecule has 1 aromatic carbocycles. The van der Waals surface area contributed by atoms with E-state index in [1.165, 1.54) is 23.7 Å². The number of hydrogen-bond acceptors (Lipinski definition) is 4. The normalized spacial score (nSPS) is 22.4.